The molecule has 0 amide bonds. The number of hydrogen-bond donors (Lipinski definition) is 3. The van der Waals surface area contributed by atoms with Gasteiger partial charge in [-0.3, -0.25) is 4.79 Å². The normalized spacial score (nSPS) is 12.0. The fourth-order valence-corrected chi connectivity index (χ4v) is 2.39. The molecule has 0 saturated carbocycles. The third-order valence-electron chi connectivity index (χ3n) is 3.50. The Morgan fingerprint density at radius 1 is 1.24 bits per heavy atom. The third-order valence-corrected chi connectivity index (χ3v) is 3.79. The quantitative estimate of drug-likeness (QED) is 0.636. The molecule has 0 spiro atoms. The Morgan fingerprint density at radius 3 is 2.72 bits per heavy atom. The van der Waals surface area contributed by atoms with Gasteiger partial charge >= 0.3 is 5.97 Å². The molecule has 0 radical (unpaired) electrons. The van der Waals surface area contributed by atoms with Crippen LogP contribution in [0.1, 0.15) is 6.92 Å². The summed E-state index contributed by atoms with van der Waals surface area (Å²) in [5.41, 5.74) is 1.15. The SMILES string of the molecule is CC(Nc1nc(Nc2ccc(F)c(Cl)c2)nc2ccccc12)C(=O)O. The van der Waals surface area contributed by atoms with E-state index in [0.717, 1.165) is 0 Å². The lowest BCUT2D eigenvalue weighted by molar-refractivity contribution is -0.137. The first-order valence-corrected chi connectivity index (χ1v) is 7.80. The van der Waals surface area contributed by atoms with E-state index in [9.17, 15) is 9.18 Å². The first-order valence-electron chi connectivity index (χ1n) is 7.42. The second-order valence-electron chi connectivity index (χ2n) is 5.37. The molecule has 25 heavy (non-hydrogen) atoms. The number of benzene rings is 2. The predicted octanol–water partition coefficient (Wildman–Crippen LogP) is 4.05. The van der Waals surface area contributed by atoms with Crippen molar-refractivity contribution in [1.82, 2.24) is 9.97 Å². The van der Waals surface area contributed by atoms with E-state index in [0.29, 0.717) is 22.4 Å². The number of fused-ring (bicyclic) bond motifs is 1. The highest BCUT2D eigenvalue weighted by Crippen LogP contribution is 2.26. The molecule has 2 aromatic carbocycles. The second kappa shape index (κ2) is 6.90. The molecule has 3 rings (SSSR count). The highest BCUT2D eigenvalue weighted by atomic mass is 35.5. The number of para-hydroxylation sites is 1. The van der Waals surface area contributed by atoms with Crippen LogP contribution in [0.2, 0.25) is 5.02 Å². The van der Waals surface area contributed by atoms with Crippen LogP contribution in [-0.2, 0) is 4.79 Å². The van der Waals surface area contributed by atoms with Crippen LogP contribution in [0.3, 0.4) is 0 Å². The van der Waals surface area contributed by atoms with Crippen molar-refractivity contribution < 1.29 is 14.3 Å². The maximum absolute atomic E-state index is 13.3. The van der Waals surface area contributed by atoms with Gasteiger partial charge in [-0.2, -0.15) is 4.98 Å². The molecule has 128 valence electrons. The van der Waals surface area contributed by atoms with Gasteiger partial charge in [-0.25, -0.2) is 9.37 Å². The summed E-state index contributed by atoms with van der Waals surface area (Å²) < 4.78 is 13.3. The van der Waals surface area contributed by atoms with Crippen molar-refractivity contribution in [3.8, 4) is 0 Å². The highest BCUT2D eigenvalue weighted by Gasteiger charge is 2.15. The van der Waals surface area contributed by atoms with Crippen LogP contribution in [0.5, 0.6) is 0 Å². The fourth-order valence-electron chi connectivity index (χ4n) is 2.21. The van der Waals surface area contributed by atoms with Gasteiger partial charge in [-0.05, 0) is 37.3 Å². The van der Waals surface area contributed by atoms with Crippen molar-refractivity contribution in [2.45, 2.75) is 13.0 Å². The number of nitrogens with zero attached hydrogens (tertiary/aromatic N) is 2. The van der Waals surface area contributed by atoms with Crippen molar-refractivity contribution in [3.63, 3.8) is 0 Å². The molecule has 8 heteroatoms. The number of carbonyl (C=O) groups is 1. The van der Waals surface area contributed by atoms with Crippen LogP contribution >= 0.6 is 11.6 Å². The van der Waals surface area contributed by atoms with Crippen LogP contribution in [0.25, 0.3) is 10.9 Å². The maximum Gasteiger partial charge on any atom is 0.325 e. The van der Waals surface area contributed by atoms with Gasteiger partial charge < -0.3 is 15.7 Å². The first kappa shape index (κ1) is 16.9. The van der Waals surface area contributed by atoms with E-state index in [1.165, 1.54) is 25.1 Å². The average Bonchev–Trinajstić information content (AvgIpc) is 2.58. The number of aliphatic carboxylic acids is 1. The van der Waals surface area contributed by atoms with Crippen LogP contribution in [0.4, 0.5) is 21.8 Å². The minimum Gasteiger partial charge on any atom is -0.480 e. The molecule has 1 unspecified atom stereocenters. The Morgan fingerprint density at radius 2 is 2.00 bits per heavy atom. The van der Waals surface area contributed by atoms with Gasteiger partial charge in [0.1, 0.15) is 17.7 Å². The average molecular weight is 361 g/mol. The molecule has 0 aliphatic rings. The Labute approximate surface area is 147 Å². The van der Waals surface area contributed by atoms with Gasteiger partial charge in [-0.1, -0.05) is 23.7 Å². The second-order valence-corrected chi connectivity index (χ2v) is 5.78. The number of carboxylic acid groups (broad SMARTS) is 1. The van der Waals surface area contributed by atoms with Gasteiger partial charge in [0, 0.05) is 11.1 Å². The summed E-state index contributed by atoms with van der Waals surface area (Å²) in [7, 11) is 0. The van der Waals surface area contributed by atoms with Crippen LogP contribution in [-0.4, -0.2) is 27.1 Å². The zero-order valence-corrected chi connectivity index (χ0v) is 13.9. The number of hydrogen-bond acceptors (Lipinski definition) is 5. The Balaban J connectivity index is 2.00. The van der Waals surface area contributed by atoms with E-state index >= 15 is 0 Å². The van der Waals surface area contributed by atoms with E-state index in [2.05, 4.69) is 20.6 Å². The molecule has 3 N–H and O–H groups in total. The highest BCUT2D eigenvalue weighted by molar-refractivity contribution is 6.31. The minimum atomic E-state index is -0.998. The smallest absolute Gasteiger partial charge is 0.325 e. The molecule has 0 aliphatic heterocycles. The van der Waals surface area contributed by atoms with Gasteiger partial charge in [0.25, 0.3) is 0 Å². The largest absolute Gasteiger partial charge is 0.480 e. The molecule has 1 atom stereocenters. The summed E-state index contributed by atoms with van der Waals surface area (Å²) in [6.45, 7) is 1.52. The van der Waals surface area contributed by atoms with E-state index in [1.54, 1.807) is 12.1 Å². The molecular weight excluding hydrogens is 347 g/mol. The van der Waals surface area contributed by atoms with Gasteiger partial charge in [0.15, 0.2) is 0 Å². The Kier molecular flexibility index (Phi) is 4.67. The molecule has 3 aromatic rings. The van der Waals surface area contributed by atoms with E-state index in [4.69, 9.17) is 16.7 Å². The summed E-state index contributed by atoms with van der Waals surface area (Å²) in [4.78, 5) is 19.8. The number of rotatable bonds is 5. The van der Waals surface area contributed by atoms with Crippen molar-refractivity contribution >= 4 is 45.9 Å². The summed E-state index contributed by atoms with van der Waals surface area (Å²) in [5, 5.41) is 15.6. The molecule has 0 bridgehead atoms. The predicted molar refractivity (Wildman–Crippen MR) is 95.0 cm³/mol. The molecule has 0 aliphatic carbocycles. The number of carboxylic acids is 1. The Bertz CT molecular complexity index is 951. The minimum absolute atomic E-state index is 0.0244. The lowest BCUT2D eigenvalue weighted by Crippen LogP contribution is -2.26. The Hall–Kier alpha value is -2.93. The van der Waals surface area contributed by atoms with Crippen LogP contribution < -0.4 is 10.6 Å². The molecule has 0 fully saturated rings. The molecule has 6 nitrogen and oxygen atoms in total. The summed E-state index contributed by atoms with van der Waals surface area (Å²) in [6.07, 6.45) is 0. The number of halogens is 2. The maximum atomic E-state index is 13.3. The summed E-state index contributed by atoms with van der Waals surface area (Å²) >= 11 is 5.78. The molecule has 1 heterocycles. The number of nitrogens with one attached hydrogen (secondary N) is 2. The monoisotopic (exact) mass is 360 g/mol. The van der Waals surface area contributed by atoms with E-state index in [1.807, 2.05) is 12.1 Å². The number of aromatic nitrogens is 2. The van der Waals surface area contributed by atoms with Gasteiger partial charge in [-0.15, -0.1) is 0 Å². The zero-order chi connectivity index (χ0) is 18.0. The van der Waals surface area contributed by atoms with E-state index in [-0.39, 0.29) is 11.0 Å². The summed E-state index contributed by atoms with van der Waals surface area (Å²) in [6, 6.07) is 10.5. The van der Waals surface area contributed by atoms with Crippen molar-refractivity contribution in [2.24, 2.45) is 0 Å². The summed E-state index contributed by atoms with van der Waals surface area (Å²) in [5.74, 6) is -0.899. The van der Waals surface area contributed by atoms with Crippen molar-refractivity contribution in [2.75, 3.05) is 10.6 Å². The first-order chi connectivity index (χ1) is 11.9. The third kappa shape index (κ3) is 3.77. The lowest BCUT2D eigenvalue weighted by Gasteiger charge is -2.14. The lowest BCUT2D eigenvalue weighted by atomic mass is 10.2. The standard InChI is InChI=1S/C17H14ClFN4O2/c1-9(16(24)25)20-15-11-4-2-3-5-14(11)22-17(23-15)21-10-6-7-13(19)12(18)8-10/h2-9H,1H3,(H,24,25)(H2,20,21,22,23). The van der Waals surface area contributed by atoms with Gasteiger partial charge in [0.2, 0.25) is 5.95 Å². The molecule has 1 aromatic heterocycles. The number of anilines is 3. The van der Waals surface area contributed by atoms with E-state index < -0.39 is 17.8 Å². The van der Waals surface area contributed by atoms with Gasteiger partial charge in [0.05, 0.1) is 10.5 Å². The molecule has 0 saturated heterocycles. The molecular formula is C17H14ClFN4O2. The zero-order valence-electron chi connectivity index (χ0n) is 13.1. The fraction of sp³-hybridized carbons (Fsp3) is 0.118. The van der Waals surface area contributed by atoms with Crippen molar-refractivity contribution in [3.05, 3.63) is 53.3 Å². The van der Waals surface area contributed by atoms with Crippen LogP contribution in [0, 0.1) is 5.82 Å². The van der Waals surface area contributed by atoms with Crippen LogP contribution in [0.15, 0.2) is 42.5 Å². The van der Waals surface area contributed by atoms with Crippen molar-refractivity contribution in [1.29, 1.82) is 0 Å². The topological polar surface area (TPSA) is 87.1 Å².